The van der Waals surface area contributed by atoms with Crippen molar-refractivity contribution < 1.29 is 4.79 Å². The van der Waals surface area contributed by atoms with Gasteiger partial charge in [0.05, 0.1) is 22.9 Å². The minimum Gasteiger partial charge on any atom is -0.325 e. The largest absolute Gasteiger partial charge is 0.325 e. The minimum absolute atomic E-state index is 0.0486. The number of rotatable bonds is 2. The summed E-state index contributed by atoms with van der Waals surface area (Å²) in [6.45, 7) is 9.89. The minimum atomic E-state index is -0.753. The first-order chi connectivity index (χ1) is 12.1. The number of hydrogen-bond donors (Lipinski definition) is 0. The molecule has 0 N–H and O–H groups in total. The summed E-state index contributed by atoms with van der Waals surface area (Å²) in [5.74, 6) is -0.0486. The molecule has 1 fully saturated rings. The average Bonchev–Trinajstić information content (AvgIpc) is 2.76. The van der Waals surface area contributed by atoms with Gasteiger partial charge in [-0.3, -0.25) is 9.69 Å². The summed E-state index contributed by atoms with van der Waals surface area (Å²) in [7, 11) is 0. The van der Waals surface area contributed by atoms with Crippen molar-refractivity contribution in [3.63, 3.8) is 0 Å². The molecule has 2 aliphatic rings. The first-order valence-electron chi connectivity index (χ1n) is 8.67. The lowest BCUT2D eigenvalue weighted by Crippen LogP contribution is -2.56. The van der Waals surface area contributed by atoms with Gasteiger partial charge in [0.2, 0.25) is 0 Å². The van der Waals surface area contributed by atoms with Crippen LogP contribution in [0.2, 0.25) is 0 Å². The first-order valence-corrected chi connectivity index (χ1v) is 9.08. The van der Waals surface area contributed by atoms with Gasteiger partial charge in [-0.15, -0.1) is 0 Å². The third kappa shape index (κ3) is 2.65. The monoisotopic (exact) mass is 365 g/mol. The van der Waals surface area contributed by atoms with Gasteiger partial charge in [0.1, 0.15) is 5.54 Å². The lowest BCUT2D eigenvalue weighted by Gasteiger charge is -2.44. The zero-order chi connectivity index (χ0) is 19.3. The molecule has 1 aromatic carbocycles. The summed E-state index contributed by atoms with van der Waals surface area (Å²) in [6, 6.07) is 7.54. The Bertz CT molecular complexity index is 906. The highest BCUT2D eigenvalue weighted by atomic mass is 32.1. The molecule has 0 spiro atoms. The summed E-state index contributed by atoms with van der Waals surface area (Å²) in [5, 5.41) is 9.66. The maximum absolute atomic E-state index is 13.3. The standard InChI is InChI=1S/C21H23N3OS/c1-14-8-10-21(5,11-9-14)24-19(26)23(18(25)20(24,3)4)17-7-6-16(13-22)15(2)12-17/h6-10,12H,11H2,1-5H3. The second kappa shape index (κ2) is 6.07. The predicted molar refractivity (Wildman–Crippen MR) is 108 cm³/mol. The van der Waals surface area contributed by atoms with Gasteiger partial charge >= 0.3 is 0 Å². The molecule has 1 aromatic rings. The molecule has 1 atom stereocenters. The van der Waals surface area contributed by atoms with Crippen molar-refractivity contribution in [2.45, 2.75) is 52.1 Å². The lowest BCUT2D eigenvalue weighted by atomic mass is 9.86. The smallest absolute Gasteiger partial charge is 0.258 e. The second-order valence-corrected chi connectivity index (χ2v) is 8.14. The number of allylic oxidation sites excluding steroid dienone is 2. The molecule has 1 aliphatic heterocycles. The Kier molecular flexibility index (Phi) is 4.28. The number of nitriles is 1. The van der Waals surface area contributed by atoms with Crippen LogP contribution in [0, 0.1) is 18.3 Å². The summed E-state index contributed by atoms with van der Waals surface area (Å²) < 4.78 is 0. The van der Waals surface area contributed by atoms with Gasteiger partial charge in [-0.2, -0.15) is 5.26 Å². The Morgan fingerprint density at radius 3 is 2.46 bits per heavy atom. The fourth-order valence-electron chi connectivity index (χ4n) is 3.77. The fraction of sp³-hybridized carbons (Fsp3) is 0.381. The van der Waals surface area contributed by atoms with Gasteiger partial charge in [0.25, 0.3) is 5.91 Å². The molecule has 0 saturated carbocycles. The number of carbonyl (C=O) groups excluding carboxylic acids is 1. The van der Waals surface area contributed by atoms with Gasteiger partial charge in [0, 0.05) is 0 Å². The van der Waals surface area contributed by atoms with E-state index in [9.17, 15) is 4.79 Å². The molecular formula is C21H23N3OS. The number of aryl methyl sites for hydroxylation is 1. The molecule has 4 nitrogen and oxygen atoms in total. The van der Waals surface area contributed by atoms with Crippen LogP contribution in [0.3, 0.4) is 0 Å². The van der Waals surface area contributed by atoms with E-state index in [0.29, 0.717) is 16.4 Å². The van der Waals surface area contributed by atoms with Crippen LogP contribution in [0.5, 0.6) is 0 Å². The van der Waals surface area contributed by atoms with Crippen molar-refractivity contribution in [2.24, 2.45) is 0 Å². The van der Waals surface area contributed by atoms with E-state index in [-0.39, 0.29) is 11.4 Å². The van der Waals surface area contributed by atoms with Gasteiger partial charge in [0.15, 0.2) is 5.11 Å². The third-order valence-corrected chi connectivity index (χ3v) is 5.68. The molecule has 134 valence electrons. The summed E-state index contributed by atoms with van der Waals surface area (Å²) in [6.07, 6.45) is 7.20. The summed E-state index contributed by atoms with van der Waals surface area (Å²) in [4.78, 5) is 16.9. The highest BCUT2D eigenvalue weighted by Crippen LogP contribution is 2.41. The van der Waals surface area contributed by atoms with Crippen LogP contribution >= 0.6 is 12.2 Å². The number of amides is 1. The van der Waals surface area contributed by atoms with Crippen molar-refractivity contribution in [1.29, 1.82) is 5.26 Å². The van der Waals surface area contributed by atoms with E-state index in [4.69, 9.17) is 17.5 Å². The third-order valence-electron chi connectivity index (χ3n) is 5.31. The number of thiocarbonyl (C=S) groups is 1. The Labute approximate surface area is 160 Å². The summed E-state index contributed by atoms with van der Waals surface area (Å²) in [5.41, 5.74) is 2.26. The Hall–Kier alpha value is -2.45. The normalized spacial score (nSPS) is 24.7. The maximum Gasteiger partial charge on any atom is 0.258 e. The quantitative estimate of drug-likeness (QED) is 0.736. The van der Waals surface area contributed by atoms with Crippen LogP contribution in [0.1, 0.15) is 45.2 Å². The van der Waals surface area contributed by atoms with Crippen LogP contribution in [-0.2, 0) is 4.79 Å². The van der Waals surface area contributed by atoms with E-state index in [1.807, 2.05) is 31.7 Å². The van der Waals surface area contributed by atoms with Crippen molar-refractivity contribution in [1.82, 2.24) is 4.90 Å². The number of benzene rings is 1. The maximum atomic E-state index is 13.3. The topological polar surface area (TPSA) is 47.3 Å². The SMILES string of the molecule is CC1=CCC(C)(N2C(=S)N(c3ccc(C#N)c(C)c3)C(=O)C2(C)C)C=C1. The van der Waals surface area contributed by atoms with E-state index in [0.717, 1.165) is 12.0 Å². The van der Waals surface area contributed by atoms with Crippen molar-refractivity contribution in [3.05, 3.63) is 53.1 Å². The lowest BCUT2D eigenvalue weighted by molar-refractivity contribution is -0.124. The van der Waals surface area contributed by atoms with Gasteiger partial charge in [-0.05, 0) is 77.0 Å². The van der Waals surface area contributed by atoms with E-state index < -0.39 is 5.54 Å². The molecule has 1 unspecified atom stereocenters. The number of hydrogen-bond acceptors (Lipinski definition) is 3. The van der Waals surface area contributed by atoms with Gasteiger partial charge in [-0.1, -0.05) is 23.8 Å². The van der Waals surface area contributed by atoms with Gasteiger partial charge < -0.3 is 4.90 Å². The van der Waals surface area contributed by atoms with E-state index in [1.165, 1.54) is 5.57 Å². The molecule has 1 amide bonds. The van der Waals surface area contributed by atoms with Crippen LogP contribution in [0.15, 0.2) is 42.0 Å². The Balaban J connectivity index is 2.05. The second-order valence-electron chi connectivity index (χ2n) is 7.77. The molecule has 1 saturated heterocycles. The zero-order valence-corrected chi connectivity index (χ0v) is 16.6. The van der Waals surface area contributed by atoms with Crippen LogP contribution in [0.25, 0.3) is 0 Å². The molecule has 1 aliphatic carbocycles. The fourth-order valence-corrected chi connectivity index (χ4v) is 4.40. The average molecular weight is 366 g/mol. The molecule has 0 radical (unpaired) electrons. The van der Waals surface area contributed by atoms with E-state index >= 15 is 0 Å². The predicted octanol–water partition coefficient (Wildman–Crippen LogP) is 4.24. The van der Waals surface area contributed by atoms with E-state index in [2.05, 4.69) is 38.1 Å². The zero-order valence-electron chi connectivity index (χ0n) is 15.8. The van der Waals surface area contributed by atoms with Crippen LogP contribution in [0.4, 0.5) is 5.69 Å². The van der Waals surface area contributed by atoms with Crippen LogP contribution < -0.4 is 4.90 Å². The molecule has 0 bridgehead atoms. The number of carbonyl (C=O) groups is 1. The molecule has 26 heavy (non-hydrogen) atoms. The number of nitrogens with zero attached hydrogens (tertiary/aromatic N) is 3. The molecule has 0 aromatic heterocycles. The van der Waals surface area contributed by atoms with Crippen molar-refractivity contribution in [2.75, 3.05) is 4.90 Å². The summed E-state index contributed by atoms with van der Waals surface area (Å²) >= 11 is 5.77. The molecular weight excluding hydrogens is 342 g/mol. The molecule has 3 rings (SSSR count). The Morgan fingerprint density at radius 1 is 1.23 bits per heavy atom. The van der Waals surface area contributed by atoms with Crippen LogP contribution in [-0.4, -0.2) is 27.0 Å². The number of anilines is 1. The first kappa shape index (κ1) is 18.3. The highest BCUT2D eigenvalue weighted by molar-refractivity contribution is 7.80. The Morgan fingerprint density at radius 2 is 1.92 bits per heavy atom. The van der Waals surface area contributed by atoms with Gasteiger partial charge in [-0.25, -0.2) is 0 Å². The van der Waals surface area contributed by atoms with E-state index in [1.54, 1.807) is 17.0 Å². The molecule has 1 heterocycles. The van der Waals surface area contributed by atoms with Crippen molar-refractivity contribution >= 4 is 28.9 Å². The molecule has 5 heteroatoms. The highest BCUT2D eigenvalue weighted by Gasteiger charge is 2.55. The van der Waals surface area contributed by atoms with Crippen molar-refractivity contribution in [3.8, 4) is 6.07 Å².